The molecule has 3 N–H and O–H groups in total. The maximum absolute atomic E-state index is 11.8. The normalized spacial score (nSPS) is 28.9. The van der Waals surface area contributed by atoms with Crippen LogP contribution in [0.5, 0.6) is 0 Å². The van der Waals surface area contributed by atoms with Crippen molar-refractivity contribution in [2.24, 2.45) is 11.7 Å². The molecule has 1 rings (SSSR count). The lowest BCUT2D eigenvalue weighted by atomic mass is 9.95. The molecular formula is C11H22N2O2. The third-order valence-corrected chi connectivity index (χ3v) is 3.15. The van der Waals surface area contributed by atoms with Crippen molar-refractivity contribution in [2.45, 2.75) is 45.3 Å². The van der Waals surface area contributed by atoms with E-state index in [-0.39, 0.29) is 11.8 Å². The molecule has 0 radical (unpaired) electrons. The summed E-state index contributed by atoms with van der Waals surface area (Å²) in [6.07, 6.45) is 2.11. The highest BCUT2D eigenvalue weighted by Crippen LogP contribution is 2.17. The molecule has 1 fully saturated rings. The van der Waals surface area contributed by atoms with E-state index < -0.39 is 12.1 Å². The molecule has 0 aromatic heterocycles. The Morgan fingerprint density at radius 1 is 1.67 bits per heavy atom. The van der Waals surface area contributed by atoms with Gasteiger partial charge in [-0.25, -0.2) is 0 Å². The molecule has 4 nitrogen and oxygen atoms in total. The van der Waals surface area contributed by atoms with Crippen LogP contribution in [0, 0.1) is 5.92 Å². The number of carbonyl (C=O) groups is 1. The third-order valence-electron chi connectivity index (χ3n) is 3.15. The summed E-state index contributed by atoms with van der Waals surface area (Å²) in [5.74, 6) is 0.277. The molecule has 0 spiro atoms. The molecule has 0 saturated carbocycles. The topological polar surface area (TPSA) is 66.6 Å². The van der Waals surface area contributed by atoms with Crippen molar-refractivity contribution < 1.29 is 9.90 Å². The monoisotopic (exact) mass is 214 g/mol. The molecule has 15 heavy (non-hydrogen) atoms. The van der Waals surface area contributed by atoms with E-state index >= 15 is 0 Å². The van der Waals surface area contributed by atoms with Crippen LogP contribution in [0.4, 0.5) is 0 Å². The number of nitrogens with two attached hydrogens (primary N) is 1. The van der Waals surface area contributed by atoms with E-state index in [1.54, 1.807) is 4.90 Å². The maximum Gasteiger partial charge on any atom is 0.239 e. The van der Waals surface area contributed by atoms with Crippen molar-refractivity contribution in [3.8, 4) is 0 Å². The van der Waals surface area contributed by atoms with Gasteiger partial charge in [0.25, 0.3) is 0 Å². The molecule has 88 valence electrons. The second-order valence-electron chi connectivity index (χ2n) is 4.51. The Labute approximate surface area is 91.4 Å². The van der Waals surface area contributed by atoms with Gasteiger partial charge >= 0.3 is 0 Å². The van der Waals surface area contributed by atoms with Gasteiger partial charge in [0.1, 0.15) is 0 Å². The van der Waals surface area contributed by atoms with E-state index in [2.05, 4.69) is 0 Å². The van der Waals surface area contributed by atoms with Gasteiger partial charge < -0.3 is 15.7 Å². The minimum absolute atomic E-state index is 0.0113. The van der Waals surface area contributed by atoms with E-state index in [0.717, 1.165) is 25.8 Å². The van der Waals surface area contributed by atoms with Gasteiger partial charge in [-0.05, 0) is 18.8 Å². The molecule has 3 unspecified atom stereocenters. The number of amides is 1. The van der Waals surface area contributed by atoms with Crippen LogP contribution in [0.3, 0.4) is 0 Å². The lowest BCUT2D eigenvalue weighted by Gasteiger charge is -2.35. The second-order valence-corrected chi connectivity index (χ2v) is 4.51. The fourth-order valence-electron chi connectivity index (χ4n) is 1.92. The fraction of sp³-hybridized carbons (Fsp3) is 0.909. The number of β-amino-alcohol motifs (C(OH)–C–C–N with tert-alkyl or cyclic N) is 1. The molecule has 0 aliphatic carbocycles. The van der Waals surface area contributed by atoms with Crippen molar-refractivity contribution >= 4 is 5.91 Å². The lowest BCUT2D eigenvalue weighted by Crippen LogP contribution is -2.51. The number of carbonyl (C=O) groups excluding carboxylic acids is 1. The highest BCUT2D eigenvalue weighted by atomic mass is 16.3. The number of piperidine rings is 1. The van der Waals surface area contributed by atoms with Gasteiger partial charge in [0, 0.05) is 13.1 Å². The zero-order chi connectivity index (χ0) is 11.4. The van der Waals surface area contributed by atoms with E-state index in [9.17, 15) is 9.90 Å². The minimum Gasteiger partial charge on any atom is -0.391 e. The molecule has 1 aliphatic heterocycles. The first-order valence-corrected chi connectivity index (χ1v) is 5.78. The highest BCUT2D eigenvalue weighted by molar-refractivity contribution is 5.81. The molecule has 1 amide bonds. The van der Waals surface area contributed by atoms with Crippen LogP contribution in [-0.4, -0.2) is 41.1 Å². The predicted molar refractivity (Wildman–Crippen MR) is 59.3 cm³/mol. The third kappa shape index (κ3) is 3.18. The van der Waals surface area contributed by atoms with Crippen LogP contribution in [0.15, 0.2) is 0 Å². The Kier molecular flexibility index (Phi) is 4.54. The average Bonchev–Trinajstić information content (AvgIpc) is 2.21. The summed E-state index contributed by atoms with van der Waals surface area (Å²) in [7, 11) is 0. The predicted octanol–water partition coefficient (Wildman–Crippen LogP) is 0.343. The van der Waals surface area contributed by atoms with Crippen molar-refractivity contribution in [3.63, 3.8) is 0 Å². The Bertz CT molecular complexity index is 221. The van der Waals surface area contributed by atoms with E-state index in [4.69, 9.17) is 5.73 Å². The van der Waals surface area contributed by atoms with E-state index in [1.807, 2.05) is 13.8 Å². The van der Waals surface area contributed by atoms with Crippen molar-refractivity contribution in [2.75, 3.05) is 13.1 Å². The minimum atomic E-state index is -0.393. The summed E-state index contributed by atoms with van der Waals surface area (Å²) in [6.45, 7) is 5.20. The summed E-state index contributed by atoms with van der Waals surface area (Å²) in [5, 5.41) is 9.67. The first-order chi connectivity index (χ1) is 7.06. The van der Waals surface area contributed by atoms with Crippen LogP contribution in [0.2, 0.25) is 0 Å². The first-order valence-electron chi connectivity index (χ1n) is 5.78. The van der Waals surface area contributed by atoms with Crippen LogP contribution in [0.1, 0.15) is 33.1 Å². The van der Waals surface area contributed by atoms with Crippen LogP contribution < -0.4 is 5.73 Å². The number of aliphatic hydroxyl groups excluding tert-OH is 1. The summed E-state index contributed by atoms with van der Waals surface area (Å²) in [6, 6.07) is -0.393. The molecule has 3 atom stereocenters. The molecular weight excluding hydrogens is 192 g/mol. The van der Waals surface area contributed by atoms with Crippen molar-refractivity contribution in [3.05, 3.63) is 0 Å². The number of hydrogen-bond acceptors (Lipinski definition) is 3. The number of rotatable bonds is 3. The molecule has 0 aromatic carbocycles. The SMILES string of the molecule is CCCC(N)C(=O)N1CCC(C)C(O)C1. The van der Waals surface area contributed by atoms with Crippen molar-refractivity contribution in [1.29, 1.82) is 0 Å². The number of hydrogen-bond donors (Lipinski definition) is 2. The molecule has 4 heteroatoms. The lowest BCUT2D eigenvalue weighted by molar-refractivity contribution is -0.137. The van der Waals surface area contributed by atoms with E-state index in [0.29, 0.717) is 6.54 Å². The van der Waals surface area contributed by atoms with Gasteiger partial charge in [-0.15, -0.1) is 0 Å². The molecule has 0 aromatic rings. The zero-order valence-corrected chi connectivity index (χ0v) is 9.65. The zero-order valence-electron chi connectivity index (χ0n) is 9.65. The Morgan fingerprint density at radius 2 is 2.33 bits per heavy atom. The van der Waals surface area contributed by atoms with Crippen LogP contribution >= 0.6 is 0 Å². The van der Waals surface area contributed by atoms with Crippen molar-refractivity contribution in [1.82, 2.24) is 4.90 Å². The van der Waals surface area contributed by atoms with Gasteiger partial charge in [-0.3, -0.25) is 4.79 Å². The largest absolute Gasteiger partial charge is 0.391 e. The Hall–Kier alpha value is -0.610. The number of likely N-dealkylation sites (tertiary alicyclic amines) is 1. The molecule has 1 saturated heterocycles. The number of nitrogens with zero attached hydrogens (tertiary/aromatic N) is 1. The van der Waals surface area contributed by atoms with E-state index in [1.165, 1.54) is 0 Å². The quantitative estimate of drug-likeness (QED) is 0.712. The number of aliphatic hydroxyl groups is 1. The van der Waals surface area contributed by atoms with Gasteiger partial charge in [0.15, 0.2) is 0 Å². The second kappa shape index (κ2) is 5.47. The Balaban J connectivity index is 2.47. The van der Waals surface area contributed by atoms with Gasteiger partial charge in [-0.1, -0.05) is 20.3 Å². The smallest absolute Gasteiger partial charge is 0.239 e. The van der Waals surface area contributed by atoms with Gasteiger partial charge in [-0.2, -0.15) is 0 Å². The van der Waals surface area contributed by atoms with Gasteiger partial charge in [0.2, 0.25) is 5.91 Å². The Morgan fingerprint density at radius 3 is 2.87 bits per heavy atom. The summed E-state index contributed by atoms with van der Waals surface area (Å²) in [5.41, 5.74) is 5.77. The van der Waals surface area contributed by atoms with Crippen LogP contribution in [0.25, 0.3) is 0 Å². The maximum atomic E-state index is 11.8. The molecule has 1 aliphatic rings. The standard InChI is InChI=1S/C11H22N2O2/c1-3-4-9(12)11(15)13-6-5-8(2)10(14)7-13/h8-10,14H,3-7,12H2,1-2H3. The summed E-state index contributed by atoms with van der Waals surface area (Å²) < 4.78 is 0. The van der Waals surface area contributed by atoms with Crippen LogP contribution in [-0.2, 0) is 4.79 Å². The summed E-state index contributed by atoms with van der Waals surface area (Å²) >= 11 is 0. The average molecular weight is 214 g/mol. The first kappa shape index (κ1) is 12.5. The van der Waals surface area contributed by atoms with Gasteiger partial charge in [0.05, 0.1) is 12.1 Å². The highest BCUT2D eigenvalue weighted by Gasteiger charge is 2.29. The molecule has 0 bridgehead atoms. The summed E-state index contributed by atoms with van der Waals surface area (Å²) in [4.78, 5) is 13.5. The molecule has 1 heterocycles. The fourth-order valence-corrected chi connectivity index (χ4v) is 1.92.